The van der Waals surface area contributed by atoms with Crippen LogP contribution in [-0.4, -0.2) is 5.11 Å². The smallest absolute Gasteiger partial charge is 0.208 e. The molecule has 1 heterocycles. The minimum atomic E-state index is -0.269. The zero-order valence-electron chi connectivity index (χ0n) is 14.4. The molecule has 4 rings (SSSR count). The molecule has 1 aliphatic rings. The molecule has 1 atom stereocenters. The molecule has 3 aromatic carbocycles. The number of phenols is 1. The van der Waals surface area contributed by atoms with Gasteiger partial charge in [0.2, 0.25) is 4.90 Å². The number of hydrogen-bond donors (Lipinski definition) is 1. The van der Waals surface area contributed by atoms with Gasteiger partial charge in [0.15, 0.2) is 15.5 Å². The number of phenolic OH excluding ortho intramolecular Hbond substituents is 1. The molecule has 0 amide bonds. The van der Waals surface area contributed by atoms with Gasteiger partial charge in [-0.2, -0.15) is 0 Å². The van der Waals surface area contributed by atoms with Crippen LogP contribution in [0.4, 0.5) is 0 Å². The van der Waals surface area contributed by atoms with E-state index in [9.17, 15) is 5.11 Å². The van der Waals surface area contributed by atoms with Gasteiger partial charge in [-0.3, -0.25) is 0 Å². The van der Waals surface area contributed by atoms with Gasteiger partial charge in [0, 0.05) is 6.07 Å². The van der Waals surface area contributed by atoms with Crippen molar-refractivity contribution in [1.82, 2.24) is 0 Å². The van der Waals surface area contributed by atoms with Crippen molar-refractivity contribution in [3.63, 3.8) is 0 Å². The van der Waals surface area contributed by atoms with E-state index in [0.29, 0.717) is 11.7 Å². The van der Waals surface area contributed by atoms with Crippen LogP contribution in [0.1, 0.15) is 31.7 Å². The van der Waals surface area contributed by atoms with E-state index < -0.39 is 0 Å². The lowest BCUT2D eigenvalue weighted by Crippen LogP contribution is -2.11. The molecule has 0 saturated carbocycles. The summed E-state index contributed by atoms with van der Waals surface area (Å²) in [7, 11) is -0.269. The van der Waals surface area contributed by atoms with Gasteiger partial charge >= 0.3 is 0 Å². The van der Waals surface area contributed by atoms with Gasteiger partial charge in [-0.25, -0.2) is 0 Å². The summed E-state index contributed by atoms with van der Waals surface area (Å²) in [6.07, 6.45) is 1.10. The Morgan fingerprint density at radius 3 is 2.08 bits per heavy atom. The fourth-order valence-corrected chi connectivity index (χ4v) is 6.94. The van der Waals surface area contributed by atoms with Crippen molar-refractivity contribution in [2.24, 2.45) is 0 Å². The first-order chi connectivity index (χ1) is 12.2. The maximum absolute atomic E-state index is 10.7. The molecule has 3 aromatic rings. The Labute approximate surface area is 156 Å². The standard InChI is InChI=1S/C22H20OS2/c1-3-15(2)16-12-13-17(23)22(14-16)25-20-10-6-4-8-18(20)24-19-9-5-7-11-21(19)25/h4-15H,3H2,1-2H3/p+1. The Kier molecular flexibility index (Phi) is 4.53. The summed E-state index contributed by atoms with van der Waals surface area (Å²) in [6, 6.07) is 23.3. The molecule has 0 saturated heterocycles. The lowest BCUT2D eigenvalue weighted by atomic mass is 9.99. The van der Waals surface area contributed by atoms with Gasteiger partial charge in [-0.1, -0.05) is 55.9 Å². The minimum Gasteiger partial charge on any atom is -0.503 e. The zero-order valence-corrected chi connectivity index (χ0v) is 16.0. The Bertz CT molecular complexity index is 874. The minimum absolute atomic E-state index is 0.269. The van der Waals surface area contributed by atoms with Crippen molar-refractivity contribution in [2.75, 3.05) is 0 Å². The first kappa shape index (κ1) is 16.6. The fraction of sp³-hybridized carbons (Fsp3) is 0.182. The number of rotatable bonds is 3. The van der Waals surface area contributed by atoms with E-state index >= 15 is 0 Å². The Morgan fingerprint density at radius 2 is 1.48 bits per heavy atom. The summed E-state index contributed by atoms with van der Waals surface area (Å²) >= 11 is 1.83. The number of fused-ring (bicyclic) bond motifs is 2. The highest BCUT2D eigenvalue weighted by Crippen LogP contribution is 2.49. The van der Waals surface area contributed by atoms with Crippen molar-refractivity contribution < 1.29 is 5.11 Å². The third kappa shape index (κ3) is 2.96. The number of benzene rings is 3. The average molecular weight is 366 g/mol. The molecule has 1 aliphatic heterocycles. The van der Waals surface area contributed by atoms with Gasteiger partial charge in [0.25, 0.3) is 0 Å². The average Bonchev–Trinajstić information content (AvgIpc) is 2.66. The zero-order chi connectivity index (χ0) is 17.4. The first-order valence-corrected chi connectivity index (χ1v) is 10.7. The second-order valence-electron chi connectivity index (χ2n) is 6.34. The summed E-state index contributed by atoms with van der Waals surface area (Å²) in [5.41, 5.74) is 1.30. The van der Waals surface area contributed by atoms with Crippen LogP contribution in [0.3, 0.4) is 0 Å². The number of hydrogen-bond acceptors (Lipinski definition) is 2. The topological polar surface area (TPSA) is 20.2 Å². The quantitative estimate of drug-likeness (QED) is 0.420. The fourth-order valence-electron chi connectivity index (χ4n) is 3.12. The molecule has 0 bridgehead atoms. The lowest BCUT2D eigenvalue weighted by molar-refractivity contribution is 0.461. The van der Waals surface area contributed by atoms with E-state index in [0.717, 1.165) is 11.3 Å². The van der Waals surface area contributed by atoms with Crippen LogP contribution < -0.4 is 0 Å². The van der Waals surface area contributed by atoms with Crippen LogP contribution in [0, 0.1) is 0 Å². The van der Waals surface area contributed by atoms with Gasteiger partial charge in [-0.05, 0) is 48.2 Å². The van der Waals surface area contributed by atoms with Crippen LogP contribution in [0.25, 0.3) is 0 Å². The molecular formula is C22H21OS2+. The second kappa shape index (κ2) is 6.81. The highest BCUT2D eigenvalue weighted by Gasteiger charge is 2.39. The molecule has 0 aromatic heterocycles. The van der Waals surface area contributed by atoms with Gasteiger partial charge < -0.3 is 5.11 Å². The molecule has 126 valence electrons. The van der Waals surface area contributed by atoms with Crippen molar-refractivity contribution in [3.8, 4) is 5.75 Å². The van der Waals surface area contributed by atoms with Crippen molar-refractivity contribution >= 4 is 22.7 Å². The maximum atomic E-state index is 10.7. The summed E-state index contributed by atoms with van der Waals surface area (Å²) in [6.45, 7) is 4.46. The van der Waals surface area contributed by atoms with Gasteiger partial charge in [-0.15, -0.1) is 0 Å². The Morgan fingerprint density at radius 1 is 0.880 bits per heavy atom. The van der Waals surface area contributed by atoms with E-state index in [4.69, 9.17) is 0 Å². The van der Waals surface area contributed by atoms with E-state index in [1.165, 1.54) is 25.1 Å². The molecule has 3 heteroatoms. The van der Waals surface area contributed by atoms with Crippen LogP contribution in [0.2, 0.25) is 0 Å². The molecule has 0 radical (unpaired) electrons. The van der Waals surface area contributed by atoms with Crippen LogP contribution in [0.15, 0.2) is 91.2 Å². The Hall–Kier alpha value is -1.84. The highest BCUT2D eigenvalue weighted by atomic mass is 32.2. The summed E-state index contributed by atoms with van der Waals surface area (Å²) in [4.78, 5) is 6.24. The van der Waals surface area contributed by atoms with Gasteiger partial charge in [0.05, 0.1) is 9.79 Å². The van der Waals surface area contributed by atoms with Crippen molar-refractivity contribution in [3.05, 3.63) is 72.3 Å². The molecular weight excluding hydrogens is 344 g/mol. The molecule has 0 aliphatic carbocycles. The molecule has 0 fully saturated rings. The maximum Gasteiger partial charge on any atom is 0.208 e. The van der Waals surface area contributed by atoms with Crippen LogP contribution in [0.5, 0.6) is 5.75 Å². The monoisotopic (exact) mass is 365 g/mol. The van der Waals surface area contributed by atoms with Crippen molar-refractivity contribution in [2.45, 2.75) is 50.7 Å². The third-order valence-electron chi connectivity index (χ3n) is 4.74. The lowest BCUT2D eigenvalue weighted by Gasteiger charge is -2.20. The Balaban J connectivity index is 1.94. The van der Waals surface area contributed by atoms with Crippen LogP contribution in [-0.2, 0) is 10.9 Å². The first-order valence-electron chi connectivity index (χ1n) is 8.62. The SMILES string of the molecule is CCC(C)c1ccc(O)c([S+]2c3ccccc3Sc3ccccc32)c1. The predicted molar refractivity (Wildman–Crippen MR) is 106 cm³/mol. The molecule has 1 N–H and O–H groups in total. The summed E-state index contributed by atoms with van der Waals surface area (Å²) in [5, 5.41) is 10.7. The molecule has 1 unspecified atom stereocenters. The summed E-state index contributed by atoms with van der Waals surface area (Å²) < 4.78 is 0. The summed E-state index contributed by atoms with van der Waals surface area (Å²) in [5.74, 6) is 0.888. The largest absolute Gasteiger partial charge is 0.503 e. The molecule has 1 nitrogen and oxygen atoms in total. The van der Waals surface area contributed by atoms with Crippen LogP contribution >= 0.6 is 11.8 Å². The number of aromatic hydroxyl groups is 1. The third-order valence-corrected chi connectivity index (χ3v) is 8.51. The van der Waals surface area contributed by atoms with E-state index in [1.54, 1.807) is 0 Å². The van der Waals surface area contributed by atoms with E-state index in [1.807, 2.05) is 17.8 Å². The highest BCUT2D eigenvalue weighted by molar-refractivity contribution is 8.04. The normalized spacial score (nSPS) is 14.6. The van der Waals surface area contributed by atoms with E-state index in [2.05, 4.69) is 74.5 Å². The molecule has 25 heavy (non-hydrogen) atoms. The van der Waals surface area contributed by atoms with E-state index in [-0.39, 0.29) is 10.9 Å². The molecule has 0 spiro atoms. The predicted octanol–water partition coefficient (Wildman–Crippen LogP) is 6.47. The van der Waals surface area contributed by atoms with Gasteiger partial charge in [0.1, 0.15) is 10.9 Å². The van der Waals surface area contributed by atoms with Crippen molar-refractivity contribution in [1.29, 1.82) is 0 Å². The second-order valence-corrected chi connectivity index (χ2v) is 9.35.